The Kier molecular flexibility index (Phi) is 5.18. The number of carbonyl (C=O) groups excluding carboxylic acids is 1. The summed E-state index contributed by atoms with van der Waals surface area (Å²) in [5.41, 5.74) is 3.12. The molecule has 6 heteroatoms. The molecule has 0 unspecified atom stereocenters. The van der Waals surface area contributed by atoms with Gasteiger partial charge >= 0.3 is 0 Å². The standard InChI is InChI=1S/C26H28N2O4/c1-16-6-4-5-11-28(16)15-21-23(29)10-8-19-25(30)24(32-26(19)21)12-17-14-27(2)22-9-7-18(31-3)13-20(17)22/h7-10,12-14,16,29H,4-6,11,15H2,1-3H3/t16-/m0/s1. The third kappa shape index (κ3) is 3.45. The zero-order valence-electron chi connectivity index (χ0n) is 18.7. The van der Waals surface area contributed by atoms with Gasteiger partial charge in [-0.2, -0.15) is 0 Å². The number of hydrogen-bond donors (Lipinski definition) is 1. The first-order valence-electron chi connectivity index (χ1n) is 11.1. The smallest absolute Gasteiger partial charge is 0.231 e. The van der Waals surface area contributed by atoms with E-state index in [4.69, 9.17) is 9.47 Å². The minimum absolute atomic E-state index is 0.159. The fourth-order valence-corrected chi connectivity index (χ4v) is 4.83. The number of aromatic nitrogens is 1. The van der Waals surface area contributed by atoms with Crippen molar-refractivity contribution in [3.63, 3.8) is 0 Å². The van der Waals surface area contributed by atoms with E-state index in [1.807, 2.05) is 36.0 Å². The largest absolute Gasteiger partial charge is 0.507 e. The van der Waals surface area contributed by atoms with Crippen LogP contribution in [0.2, 0.25) is 0 Å². The lowest BCUT2D eigenvalue weighted by atomic mass is 10.0. The number of Topliss-reactive ketones (excluding diaryl/α,β-unsaturated/α-hetero) is 1. The Labute approximate surface area is 187 Å². The molecule has 166 valence electrons. The normalized spacial score (nSPS) is 20.0. The summed E-state index contributed by atoms with van der Waals surface area (Å²) in [5, 5.41) is 11.6. The number of nitrogens with zero attached hydrogens (tertiary/aromatic N) is 2. The number of likely N-dealkylation sites (tertiary alicyclic amines) is 1. The van der Waals surface area contributed by atoms with Crippen LogP contribution in [0.3, 0.4) is 0 Å². The first-order chi connectivity index (χ1) is 15.5. The Morgan fingerprint density at radius 1 is 1.25 bits per heavy atom. The highest BCUT2D eigenvalue weighted by Crippen LogP contribution is 2.41. The van der Waals surface area contributed by atoms with Gasteiger partial charge < -0.3 is 19.1 Å². The fraction of sp³-hybridized carbons (Fsp3) is 0.346. The minimum atomic E-state index is -0.159. The molecular weight excluding hydrogens is 404 g/mol. The molecule has 3 aromatic rings. The molecule has 0 radical (unpaired) electrons. The molecule has 3 heterocycles. The lowest BCUT2D eigenvalue weighted by molar-refractivity contribution is 0.101. The molecule has 5 rings (SSSR count). The van der Waals surface area contributed by atoms with E-state index in [1.165, 1.54) is 6.42 Å². The molecule has 1 N–H and O–H groups in total. The number of ether oxygens (including phenoxy) is 2. The number of allylic oxidation sites excluding steroid dienone is 1. The summed E-state index contributed by atoms with van der Waals surface area (Å²) in [6, 6.07) is 9.58. The van der Waals surface area contributed by atoms with Crippen LogP contribution >= 0.6 is 0 Å². The number of ketones is 1. The Balaban J connectivity index is 1.52. The van der Waals surface area contributed by atoms with Crippen LogP contribution in [0.1, 0.15) is 47.7 Å². The maximum absolute atomic E-state index is 13.2. The summed E-state index contributed by atoms with van der Waals surface area (Å²) >= 11 is 0. The van der Waals surface area contributed by atoms with Gasteiger partial charge in [0.25, 0.3) is 0 Å². The van der Waals surface area contributed by atoms with Gasteiger partial charge in [-0.1, -0.05) is 6.42 Å². The Hall–Kier alpha value is -3.25. The summed E-state index contributed by atoms with van der Waals surface area (Å²) in [6.07, 6.45) is 7.29. The molecule has 2 aromatic carbocycles. The topological polar surface area (TPSA) is 63.9 Å². The number of phenols is 1. The highest BCUT2D eigenvalue weighted by Gasteiger charge is 2.32. The zero-order chi connectivity index (χ0) is 22.4. The first kappa shape index (κ1) is 20.6. The predicted octanol–water partition coefficient (Wildman–Crippen LogP) is 4.88. The summed E-state index contributed by atoms with van der Waals surface area (Å²) in [4.78, 5) is 15.5. The van der Waals surface area contributed by atoms with Crippen LogP contribution in [-0.2, 0) is 13.6 Å². The highest BCUT2D eigenvalue weighted by molar-refractivity contribution is 6.15. The number of benzene rings is 2. The van der Waals surface area contributed by atoms with Crippen molar-refractivity contribution in [3.8, 4) is 17.2 Å². The number of phenolic OH excluding ortho intramolecular Hbond substituents is 1. The quantitative estimate of drug-likeness (QED) is 0.595. The molecule has 0 amide bonds. The Morgan fingerprint density at radius 2 is 2.09 bits per heavy atom. The molecule has 6 nitrogen and oxygen atoms in total. The summed E-state index contributed by atoms with van der Waals surface area (Å²) in [6.45, 7) is 3.77. The monoisotopic (exact) mass is 432 g/mol. The van der Waals surface area contributed by atoms with Gasteiger partial charge in [0.2, 0.25) is 5.78 Å². The van der Waals surface area contributed by atoms with Gasteiger partial charge in [0.15, 0.2) is 5.76 Å². The molecule has 32 heavy (non-hydrogen) atoms. The number of fused-ring (bicyclic) bond motifs is 2. The van der Waals surface area contributed by atoms with Gasteiger partial charge in [-0.3, -0.25) is 9.69 Å². The van der Waals surface area contributed by atoms with Crippen LogP contribution in [-0.4, -0.2) is 40.1 Å². The Bertz CT molecular complexity index is 1240. The molecule has 0 bridgehead atoms. The number of hydrogen-bond acceptors (Lipinski definition) is 5. The van der Waals surface area contributed by atoms with Crippen molar-refractivity contribution < 1.29 is 19.4 Å². The van der Waals surface area contributed by atoms with Crippen LogP contribution in [0.25, 0.3) is 17.0 Å². The molecule has 1 aromatic heterocycles. The lowest BCUT2D eigenvalue weighted by Crippen LogP contribution is -2.36. The van der Waals surface area contributed by atoms with Crippen molar-refractivity contribution in [2.45, 2.75) is 38.8 Å². The minimum Gasteiger partial charge on any atom is -0.507 e. The van der Waals surface area contributed by atoms with Gasteiger partial charge in [-0.05, 0) is 62.7 Å². The number of piperidine rings is 1. The molecule has 0 aliphatic carbocycles. The van der Waals surface area contributed by atoms with Crippen molar-refractivity contribution in [2.75, 3.05) is 13.7 Å². The summed E-state index contributed by atoms with van der Waals surface area (Å²) < 4.78 is 13.5. The second-order valence-corrected chi connectivity index (χ2v) is 8.77. The van der Waals surface area contributed by atoms with E-state index >= 15 is 0 Å². The molecule has 2 aliphatic heterocycles. The molecule has 1 saturated heterocycles. The van der Waals surface area contributed by atoms with E-state index in [0.717, 1.165) is 41.6 Å². The van der Waals surface area contributed by atoms with Gasteiger partial charge in [-0.15, -0.1) is 0 Å². The van der Waals surface area contributed by atoms with Crippen LogP contribution in [0, 0.1) is 0 Å². The third-order valence-electron chi connectivity index (χ3n) is 6.73. The second-order valence-electron chi connectivity index (χ2n) is 8.77. The van der Waals surface area contributed by atoms with E-state index in [9.17, 15) is 9.90 Å². The second kappa shape index (κ2) is 8.02. The third-order valence-corrected chi connectivity index (χ3v) is 6.73. The number of rotatable bonds is 4. The van der Waals surface area contributed by atoms with Gasteiger partial charge in [0, 0.05) is 42.3 Å². The van der Waals surface area contributed by atoms with E-state index in [0.29, 0.717) is 29.5 Å². The van der Waals surface area contributed by atoms with E-state index in [-0.39, 0.29) is 17.3 Å². The van der Waals surface area contributed by atoms with Crippen LogP contribution < -0.4 is 9.47 Å². The van der Waals surface area contributed by atoms with Crippen molar-refractivity contribution in [1.82, 2.24) is 9.47 Å². The fourth-order valence-electron chi connectivity index (χ4n) is 4.83. The van der Waals surface area contributed by atoms with E-state index in [1.54, 1.807) is 25.3 Å². The molecule has 0 spiro atoms. The average Bonchev–Trinajstić information content (AvgIpc) is 3.28. The first-order valence-corrected chi connectivity index (χ1v) is 11.1. The number of aryl methyl sites for hydroxylation is 1. The van der Waals surface area contributed by atoms with Crippen molar-refractivity contribution in [1.29, 1.82) is 0 Å². The van der Waals surface area contributed by atoms with Crippen molar-refractivity contribution in [2.24, 2.45) is 7.05 Å². The van der Waals surface area contributed by atoms with Crippen molar-refractivity contribution >= 4 is 22.8 Å². The van der Waals surface area contributed by atoms with E-state index < -0.39 is 0 Å². The van der Waals surface area contributed by atoms with Gasteiger partial charge in [0.1, 0.15) is 17.2 Å². The highest BCUT2D eigenvalue weighted by atomic mass is 16.5. The van der Waals surface area contributed by atoms with Gasteiger partial charge in [-0.25, -0.2) is 0 Å². The zero-order valence-corrected chi connectivity index (χ0v) is 18.7. The Morgan fingerprint density at radius 3 is 2.88 bits per heavy atom. The average molecular weight is 433 g/mol. The maximum Gasteiger partial charge on any atom is 0.231 e. The molecule has 0 saturated carbocycles. The SMILES string of the molecule is COc1ccc2c(c1)c(C=C1Oc3c(ccc(O)c3CN3CCCC[C@@H]3C)C1=O)cn2C. The maximum atomic E-state index is 13.2. The van der Waals surface area contributed by atoms with Crippen LogP contribution in [0.5, 0.6) is 17.2 Å². The lowest BCUT2D eigenvalue weighted by Gasteiger charge is -2.33. The predicted molar refractivity (Wildman–Crippen MR) is 124 cm³/mol. The summed E-state index contributed by atoms with van der Waals surface area (Å²) in [7, 11) is 3.61. The van der Waals surface area contributed by atoms with E-state index in [2.05, 4.69) is 11.8 Å². The number of methoxy groups -OCH3 is 1. The van der Waals surface area contributed by atoms with Crippen LogP contribution in [0.4, 0.5) is 0 Å². The van der Waals surface area contributed by atoms with Gasteiger partial charge in [0.05, 0.1) is 18.2 Å². The molecule has 1 fully saturated rings. The molecular formula is C26H28N2O4. The summed E-state index contributed by atoms with van der Waals surface area (Å²) in [5.74, 6) is 1.53. The molecule has 1 atom stereocenters. The number of carbonyl (C=O) groups is 1. The molecule has 2 aliphatic rings. The van der Waals surface area contributed by atoms with Crippen molar-refractivity contribution in [3.05, 3.63) is 59.0 Å². The van der Waals surface area contributed by atoms with Crippen LogP contribution in [0.15, 0.2) is 42.3 Å². The number of aromatic hydroxyl groups is 1.